The molecule has 0 unspecified atom stereocenters. The molecule has 1 aromatic carbocycles. The molecule has 0 heterocycles. The minimum atomic E-state index is 0.194. The van der Waals surface area contributed by atoms with Gasteiger partial charge in [-0.05, 0) is 36.1 Å². The van der Waals surface area contributed by atoms with Crippen molar-refractivity contribution in [3.05, 3.63) is 35.9 Å². The molecule has 0 saturated heterocycles. The van der Waals surface area contributed by atoms with E-state index in [4.69, 9.17) is 11.8 Å². The van der Waals surface area contributed by atoms with Crippen molar-refractivity contribution in [2.24, 2.45) is 5.41 Å². The topological polar surface area (TPSA) is 3.24 Å². The predicted octanol–water partition coefficient (Wildman–Crippen LogP) is 5.03. The highest BCUT2D eigenvalue weighted by Gasteiger charge is 2.31. The first-order valence-corrected chi connectivity index (χ1v) is 6.70. The molecule has 0 aliphatic rings. The summed E-state index contributed by atoms with van der Waals surface area (Å²) in [4.78, 5) is 0. The van der Waals surface area contributed by atoms with Crippen LogP contribution in [0.1, 0.15) is 52.6 Å². The normalized spacial score (nSPS) is 15.9. The van der Waals surface area contributed by atoms with Gasteiger partial charge in [0.05, 0.1) is 0 Å². The van der Waals surface area contributed by atoms with E-state index in [1.807, 2.05) is 10.5 Å². The molecule has 0 aliphatic heterocycles. The van der Waals surface area contributed by atoms with Gasteiger partial charge in [0, 0.05) is 12.1 Å². The Morgan fingerprint density at radius 1 is 1.18 bits per heavy atom. The van der Waals surface area contributed by atoms with Crippen molar-refractivity contribution in [2.75, 3.05) is 0 Å². The zero-order valence-electron chi connectivity index (χ0n) is 11.6. The van der Waals surface area contributed by atoms with E-state index in [0.717, 1.165) is 6.42 Å². The molecule has 2 atom stereocenters. The maximum atomic E-state index is 6.55. The molecular weight excluding hydrogens is 230 g/mol. The number of nitrogens with zero attached hydrogens (tertiary/aromatic N) is 1. The molecule has 1 rings (SSSR count). The van der Waals surface area contributed by atoms with Crippen LogP contribution in [0.3, 0.4) is 0 Å². The van der Waals surface area contributed by atoms with Gasteiger partial charge in [0.1, 0.15) is 0 Å². The van der Waals surface area contributed by atoms with Crippen molar-refractivity contribution in [2.45, 2.75) is 53.1 Å². The minimum Gasteiger partial charge on any atom is -0.209 e. The van der Waals surface area contributed by atoms with Gasteiger partial charge < -0.3 is 0 Å². The van der Waals surface area contributed by atoms with E-state index in [1.165, 1.54) is 5.56 Å². The van der Waals surface area contributed by atoms with Crippen LogP contribution >= 0.6 is 11.8 Å². The van der Waals surface area contributed by atoms with Crippen LogP contribution in [0.2, 0.25) is 0 Å². The van der Waals surface area contributed by atoms with Crippen LogP contribution in [-0.2, 0) is 0 Å². The lowest BCUT2D eigenvalue weighted by molar-refractivity contribution is 0.146. The lowest BCUT2D eigenvalue weighted by atomic mass is 9.84. The maximum absolute atomic E-state index is 6.55. The van der Waals surface area contributed by atoms with E-state index >= 15 is 0 Å². The molecule has 0 bridgehead atoms. The summed E-state index contributed by atoms with van der Waals surface area (Å²) in [5.41, 5.74) is 1.46. The fraction of sp³-hybridized carbons (Fsp3) is 0.600. The van der Waals surface area contributed by atoms with E-state index in [2.05, 4.69) is 58.9 Å². The molecule has 0 fully saturated rings. The average Bonchev–Trinajstić information content (AvgIpc) is 2.28. The highest BCUT2D eigenvalue weighted by molar-refractivity contribution is 6.13. The lowest BCUT2D eigenvalue weighted by Gasteiger charge is -2.38. The zero-order chi connectivity index (χ0) is 13.1. The van der Waals surface area contributed by atoms with Gasteiger partial charge >= 0.3 is 0 Å². The summed E-state index contributed by atoms with van der Waals surface area (Å²) >= 11 is 6.55. The number of benzene rings is 1. The Kier molecular flexibility index (Phi) is 5.03. The van der Waals surface area contributed by atoms with E-state index in [9.17, 15) is 0 Å². The van der Waals surface area contributed by atoms with E-state index in [-0.39, 0.29) is 11.5 Å². The molecule has 0 aromatic heterocycles. The van der Waals surface area contributed by atoms with E-state index < -0.39 is 0 Å². The molecule has 0 spiro atoms. The van der Waals surface area contributed by atoms with E-state index in [0.29, 0.717) is 6.04 Å². The molecule has 17 heavy (non-hydrogen) atoms. The van der Waals surface area contributed by atoms with Crippen molar-refractivity contribution in [3.8, 4) is 0 Å². The Hall–Kier alpha value is -0.530. The summed E-state index contributed by atoms with van der Waals surface area (Å²) in [6, 6.07) is 11.0. The largest absolute Gasteiger partial charge is 0.209 e. The molecule has 0 saturated carbocycles. The van der Waals surface area contributed by atoms with Crippen molar-refractivity contribution in [3.63, 3.8) is 0 Å². The molecule has 96 valence electrons. The third kappa shape index (κ3) is 3.72. The molecule has 0 N–H and O–H groups in total. The molecule has 1 nitrogen and oxygen atoms in total. The van der Waals surface area contributed by atoms with Gasteiger partial charge in [-0.1, -0.05) is 58.0 Å². The minimum absolute atomic E-state index is 0.194. The molecule has 0 radical (unpaired) electrons. The molecule has 0 amide bonds. The van der Waals surface area contributed by atoms with Crippen molar-refractivity contribution >= 4 is 11.8 Å². The highest BCUT2D eigenvalue weighted by atomic mass is 35.5. The van der Waals surface area contributed by atoms with Crippen molar-refractivity contribution < 1.29 is 0 Å². The van der Waals surface area contributed by atoms with Gasteiger partial charge in [0.2, 0.25) is 0 Å². The van der Waals surface area contributed by atoms with Crippen molar-refractivity contribution in [1.29, 1.82) is 0 Å². The fourth-order valence-electron chi connectivity index (χ4n) is 2.30. The van der Waals surface area contributed by atoms with Gasteiger partial charge in [0.25, 0.3) is 0 Å². The van der Waals surface area contributed by atoms with Gasteiger partial charge in [-0.25, -0.2) is 4.42 Å². The summed E-state index contributed by atoms with van der Waals surface area (Å²) in [6.45, 7) is 11.1. The Balaban J connectivity index is 2.85. The number of hydrogen-bond acceptors (Lipinski definition) is 1. The van der Waals surface area contributed by atoms with Crippen LogP contribution in [0, 0.1) is 5.41 Å². The van der Waals surface area contributed by atoms with Gasteiger partial charge in [-0.3, -0.25) is 0 Å². The Bertz CT molecular complexity index is 329. The van der Waals surface area contributed by atoms with Gasteiger partial charge in [-0.2, -0.15) is 0 Å². The Labute approximate surface area is 111 Å². The van der Waals surface area contributed by atoms with Crippen molar-refractivity contribution in [1.82, 2.24) is 4.42 Å². The number of hydrogen-bond donors (Lipinski definition) is 0. The maximum Gasteiger partial charge on any atom is 0.0476 e. The van der Waals surface area contributed by atoms with Crippen LogP contribution < -0.4 is 0 Å². The second kappa shape index (κ2) is 5.88. The Morgan fingerprint density at radius 3 is 2.12 bits per heavy atom. The lowest BCUT2D eigenvalue weighted by Crippen LogP contribution is -2.39. The zero-order valence-corrected chi connectivity index (χ0v) is 12.3. The first-order valence-electron chi connectivity index (χ1n) is 6.37. The predicted molar refractivity (Wildman–Crippen MR) is 76.1 cm³/mol. The third-order valence-corrected chi connectivity index (χ3v) is 3.86. The molecular formula is C15H24ClN. The second-order valence-electron chi connectivity index (χ2n) is 5.72. The van der Waals surface area contributed by atoms with E-state index in [1.54, 1.807) is 0 Å². The van der Waals surface area contributed by atoms with Crippen LogP contribution in [0.5, 0.6) is 0 Å². The monoisotopic (exact) mass is 253 g/mol. The molecule has 2 heteroatoms. The fourth-order valence-corrected chi connectivity index (χ4v) is 2.84. The second-order valence-corrected chi connectivity index (χ2v) is 6.11. The van der Waals surface area contributed by atoms with Crippen LogP contribution in [0.25, 0.3) is 0 Å². The number of rotatable bonds is 4. The first kappa shape index (κ1) is 14.5. The number of halogens is 1. The summed E-state index contributed by atoms with van der Waals surface area (Å²) < 4.78 is 1.98. The quantitative estimate of drug-likeness (QED) is 0.681. The SMILES string of the molecule is CC[C@@H](N(Cl)[C@H](C)c1ccccc1)C(C)(C)C. The smallest absolute Gasteiger partial charge is 0.0476 e. The molecule has 0 aliphatic carbocycles. The van der Waals surface area contributed by atoms with Crippen LogP contribution in [-0.4, -0.2) is 10.5 Å². The summed E-state index contributed by atoms with van der Waals surface area (Å²) in [5, 5.41) is 0. The summed E-state index contributed by atoms with van der Waals surface area (Å²) in [6.07, 6.45) is 1.06. The first-order chi connectivity index (χ1) is 7.88. The van der Waals surface area contributed by atoms with Crippen LogP contribution in [0.4, 0.5) is 0 Å². The standard InChI is InChI=1S/C15H24ClN/c1-6-14(15(3,4)5)17(16)12(2)13-10-8-7-9-11-13/h7-12,14H,6H2,1-5H3/t12-,14-/m1/s1. The van der Waals surface area contributed by atoms with Gasteiger partial charge in [0.15, 0.2) is 0 Å². The molecule has 1 aromatic rings. The highest BCUT2D eigenvalue weighted by Crippen LogP contribution is 2.34. The third-order valence-electron chi connectivity index (χ3n) is 3.34. The average molecular weight is 254 g/mol. The van der Waals surface area contributed by atoms with Gasteiger partial charge in [-0.15, -0.1) is 0 Å². The van der Waals surface area contributed by atoms with Crippen LogP contribution in [0.15, 0.2) is 30.3 Å². The summed E-state index contributed by atoms with van der Waals surface area (Å²) in [5.74, 6) is 0. The Morgan fingerprint density at radius 2 is 1.71 bits per heavy atom. The summed E-state index contributed by atoms with van der Waals surface area (Å²) in [7, 11) is 0.